The highest BCUT2D eigenvalue weighted by Crippen LogP contribution is 2.35. The van der Waals surface area contributed by atoms with Crippen molar-refractivity contribution in [3.05, 3.63) is 50.6 Å². The van der Waals surface area contributed by atoms with E-state index >= 15 is 0 Å². The zero-order valence-electron chi connectivity index (χ0n) is 9.56. The molecule has 0 aliphatic carbocycles. The minimum absolute atomic E-state index is 0.0659. The van der Waals surface area contributed by atoms with Gasteiger partial charge in [0.25, 0.3) is 0 Å². The second-order valence-corrected chi connectivity index (χ2v) is 5.40. The lowest BCUT2D eigenvalue weighted by atomic mass is 10.2. The van der Waals surface area contributed by atoms with E-state index in [-0.39, 0.29) is 22.0 Å². The van der Waals surface area contributed by atoms with E-state index in [0.29, 0.717) is 5.75 Å². The summed E-state index contributed by atoms with van der Waals surface area (Å²) in [5.41, 5.74) is 5.79. The van der Waals surface area contributed by atoms with Crippen molar-refractivity contribution in [2.24, 2.45) is 0 Å². The fourth-order valence-corrected chi connectivity index (χ4v) is 2.31. The number of nitrogens with two attached hydrogens (primary N) is 1. The first-order chi connectivity index (χ1) is 8.97. The first-order valence-corrected chi connectivity index (χ1v) is 6.69. The van der Waals surface area contributed by atoms with Gasteiger partial charge in [0.05, 0.1) is 5.02 Å². The summed E-state index contributed by atoms with van der Waals surface area (Å²) < 4.78 is 6.54. The molecule has 0 amide bonds. The van der Waals surface area contributed by atoms with Crippen LogP contribution in [0.5, 0.6) is 11.5 Å². The standard InChI is InChI=1S/C13H9ClINO3/c14-11-6-8(16)5-10(13(17)18)12(11)19-9-3-1-2-7(15)4-9/h1-6H,16H2,(H,17,18). The fraction of sp³-hybridized carbons (Fsp3) is 0. The van der Waals surface area contributed by atoms with Crippen LogP contribution in [0, 0.1) is 3.57 Å². The first-order valence-electron chi connectivity index (χ1n) is 5.23. The lowest BCUT2D eigenvalue weighted by molar-refractivity contribution is 0.0694. The molecule has 0 saturated carbocycles. The maximum Gasteiger partial charge on any atom is 0.339 e. The van der Waals surface area contributed by atoms with Gasteiger partial charge in [-0.25, -0.2) is 4.79 Å². The number of halogens is 2. The summed E-state index contributed by atoms with van der Waals surface area (Å²) in [7, 11) is 0. The molecule has 0 heterocycles. The Morgan fingerprint density at radius 1 is 1.32 bits per heavy atom. The maximum absolute atomic E-state index is 11.2. The molecule has 19 heavy (non-hydrogen) atoms. The Morgan fingerprint density at radius 2 is 2.05 bits per heavy atom. The Hall–Kier alpha value is -1.47. The van der Waals surface area contributed by atoms with Gasteiger partial charge >= 0.3 is 5.97 Å². The number of carboxylic acid groups (broad SMARTS) is 1. The van der Waals surface area contributed by atoms with Crippen LogP contribution in [0.1, 0.15) is 10.4 Å². The second kappa shape index (κ2) is 5.66. The van der Waals surface area contributed by atoms with Crippen LogP contribution in [0.2, 0.25) is 5.02 Å². The molecule has 2 aromatic rings. The van der Waals surface area contributed by atoms with Gasteiger partial charge in [-0.15, -0.1) is 0 Å². The summed E-state index contributed by atoms with van der Waals surface area (Å²) in [6.07, 6.45) is 0. The molecule has 0 radical (unpaired) electrons. The van der Waals surface area contributed by atoms with E-state index in [0.717, 1.165) is 3.57 Å². The molecule has 98 valence electrons. The Balaban J connectivity index is 2.47. The molecule has 0 fully saturated rings. The lowest BCUT2D eigenvalue weighted by Gasteiger charge is -2.11. The van der Waals surface area contributed by atoms with E-state index in [4.69, 9.17) is 27.2 Å². The quantitative estimate of drug-likeness (QED) is 0.614. The summed E-state index contributed by atoms with van der Waals surface area (Å²) in [5, 5.41) is 9.31. The third kappa shape index (κ3) is 3.30. The number of ether oxygens (including phenoxy) is 1. The molecule has 0 aliphatic heterocycles. The van der Waals surface area contributed by atoms with Gasteiger partial charge in [0, 0.05) is 9.26 Å². The van der Waals surface area contributed by atoms with Gasteiger partial charge in [0.2, 0.25) is 0 Å². The first kappa shape index (κ1) is 14.0. The molecule has 0 spiro atoms. The monoisotopic (exact) mass is 389 g/mol. The smallest absolute Gasteiger partial charge is 0.339 e. The topological polar surface area (TPSA) is 72.5 Å². The number of nitrogen functional groups attached to an aromatic ring is 1. The van der Waals surface area contributed by atoms with E-state index in [1.807, 2.05) is 12.1 Å². The Morgan fingerprint density at radius 3 is 2.68 bits per heavy atom. The largest absolute Gasteiger partial charge is 0.478 e. The molecule has 0 atom stereocenters. The zero-order valence-corrected chi connectivity index (χ0v) is 12.5. The summed E-state index contributed by atoms with van der Waals surface area (Å²) >= 11 is 8.13. The maximum atomic E-state index is 11.2. The van der Waals surface area contributed by atoms with Crippen LogP contribution in [0.3, 0.4) is 0 Å². The minimum Gasteiger partial charge on any atom is -0.478 e. The van der Waals surface area contributed by atoms with Gasteiger partial charge < -0.3 is 15.6 Å². The van der Waals surface area contributed by atoms with E-state index in [1.165, 1.54) is 12.1 Å². The number of rotatable bonds is 3. The van der Waals surface area contributed by atoms with Crippen LogP contribution in [0.15, 0.2) is 36.4 Å². The van der Waals surface area contributed by atoms with Gasteiger partial charge in [0.1, 0.15) is 11.3 Å². The number of benzene rings is 2. The van der Waals surface area contributed by atoms with Crippen molar-refractivity contribution in [3.8, 4) is 11.5 Å². The highest BCUT2D eigenvalue weighted by atomic mass is 127. The number of hydrogen-bond acceptors (Lipinski definition) is 3. The Bertz CT molecular complexity index is 646. The van der Waals surface area contributed by atoms with Crippen molar-refractivity contribution in [1.82, 2.24) is 0 Å². The number of carboxylic acids is 1. The van der Waals surface area contributed by atoms with Crippen LogP contribution in [-0.4, -0.2) is 11.1 Å². The molecule has 2 aromatic carbocycles. The summed E-state index contributed by atoms with van der Waals surface area (Å²) in [4.78, 5) is 11.2. The van der Waals surface area contributed by atoms with Crippen LogP contribution in [0.25, 0.3) is 0 Å². The molecule has 4 nitrogen and oxygen atoms in total. The Kier molecular flexibility index (Phi) is 4.16. The van der Waals surface area contributed by atoms with Crippen molar-refractivity contribution in [2.75, 3.05) is 5.73 Å². The number of hydrogen-bond donors (Lipinski definition) is 2. The van der Waals surface area contributed by atoms with E-state index in [2.05, 4.69) is 22.6 Å². The van der Waals surface area contributed by atoms with Gasteiger partial charge in [-0.2, -0.15) is 0 Å². The molecule has 2 rings (SSSR count). The van der Waals surface area contributed by atoms with Crippen LogP contribution in [0.4, 0.5) is 5.69 Å². The SMILES string of the molecule is Nc1cc(Cl)c(Oc2cccc(I)c2)c(C(=O)O)c1. The van der Waals surface area contributed by atoms with Gasteiger partial charge in [0.15, 0.2) is 5.75 Å². The molecule has 6 heteroatoms. The van der Waals surface area contributed by atoms with Crippen molar-refractivity contribution in [3.63, 3.8) is 0 Å². The van der Waals surface area contributed by atoms with Crippen molar-refractivity contribution >= 4 is 45.8 Å². The normalized spacial score (nSPS) is 10.2. The van der Waals surface area contributed by atoms with Crippen molar-refractivity contribution in [2.45, 2.75) is 0 Å². The van der Waals surface area contributed by atoms with Gasteiger partial charge in [-0.1, -0.05) is 17.7 Å². The molecule has 0 aliphatic rings. The fourth-order valence-electron chi connectivity index (χ4n) is 1.53. The second-order valence-electron chi connectivity index (χ2n) is 3.74. The molecule has 0 unspecified atom stereocenters. The van der Waals surface area contributed by atoms with E-state index in [1.54, 1.807) is 12.1 Å². The molecular formula is C13H9ClINO3. The number of carbonyl (C=O) groups is 1. The minimum atomic E-state index is -1.14. The number of aromatic carboxylic acids is 1. The molecule has 3 N–H and O–H groups in total. The molecule has 0 aromatic heterocycles. The van der Waals surface area contributed by atoms with Crippen LogP contribution >= 0.6 is 34.2 Å². The van der Waals surface area contributed by atoms with Gasteiger partial charge in [-0.3, -0.25) is 0 Å². The predicted molar refractivity (Wildman–Crippen MR) is 82.1 cm³/mol. The summed E-state index contributed by atoms with van der Waals surface area (Å²) in [6, 6.07) is 9.98. The summed E-state index contributed by atoms with van der Waals surface area (Å²) in [6.45, 7) is 0. The highest BCUT2D eigenvalue weighted by Gasteiger charge is 2.17. The van der Waals surface area contributed by atoms with Crippen molar-refractivity contribution < 1.29 is 14.6 Å². The average Bonchev–Trinajstić information content (AvgIpc) is 2.32. The van der Waals surface area contributed by atoms with Crippen molar-refractivity contribution in [1.29, 1.82) is 0 Å². The molecule has 0 bridgehead atoms. The molecular weight excluding hydrogens is 381 g/mol. The third-order valence-electron chi connectivity index (χ3n) is 2.31. The van der Waals surface area contributed by atoms with E-state index < -0.39 is 5.97 Å². The lowest BCUT2D eigenvalue weighted by Crippen LogP contribution is -2.02. The Labute approximate surface area is 128 Å². The average molecular weight is 390 g/mol. The van der Waals surface area contributed by atoms with Crippen LogP contribution < -0.4 is 10.5 Å². The molecule has 0 saturated heterocycles. The number of anilines is 1. The third-order valence-corrected chi connectivity index (χ3v) is 3.26. The van der Waals surface area contributed by atoms with Gasteiger partial charge in [-0.05, 0) is 52.9 Å². The van der Waals surface area contributed by atoms with E-state index in [9.17, 15) is 4.79 Å². The highest BCUT2D eigenvalue weighted by molar-refractivity contribution is 14.1. The summed E-state index contributed by atoms with van der Waals surface area (Å²) in [5.74, 6) is -0.540. The van der Waals surface area contributed by atoms with Crippen LogP contribution in [-0.2, 0) is 0 Å². The zero-order chi connectivity index (χ0) is 14.0. The predicted octanol–water partition coefficient (Wildman–Crippen LogP) is 4.02.